The van der Waals surface area contributed by atoms with E-state index in [1.807, 2.05) is 0 Å². The Hall–Kier alpha value is 0.310. The van der Waals surface area contributed by atoms with Crippen LogP contribution in [-0.4, -0.2) is 36.0 Å². The van der Waals surface area contributed by atoms with Crippen molar-refractivity contribution in [1.82, 2.24) is 4.90 Å². The van der Waals surface area contributed by atoms with Gasteiger partial charge in [-0.15, -0.1) is 0 Å². The van der Waals surface area contributed by atoms with Crippen LogP contribution in [0.2, 0.25) is 0 Å². The highest BCUT2D eigenvalue weighted by Gasteiger charge is 2.11. The van der Waals surface area contributed by atoms with Gasteiger partial charge >= 0.3 is 0 Å². The van der Waals surface area contributed by atoms with Crippen molar-refractivity contribution in [3.8, 4) is 0 Å². The Morgan fingerprint density at radius 1 is 1.36 bits per heavy atom. The molecule has 1 aliphatic rings. The van der Waals surface area contributed by atoms with Crippen molar-refractivity contribution in [2.75, 3.05) is 31.1 Å². The lowest BCUT2D eigenvalue weighted by atomic mass is 10.1. The van der Waals surface area contributed by atoms with Gasteiger partial charge in [-0.25, -0.2) is 0 Å². The fourth-order valence-electron chi connectivity index (χ4n) is 1.35. The third-order valence-electron chi connectivity index (χ3n) is 2.37. The van der Waals surface area contributed by atoms with Crippen LogP contribution in [0.4, 0.5) is 0 Å². The average Bonchev–Trinajstić information content (AvgIpc) is 2.06. The minimum atomic E-state index is 0.887. The molecule has 0 aromatic heterocycles. The number of nitrogens with zero attached hydrogens (tertiary/aromatic N) is 1. The Morgan fingerprint density at radius 2 is 2.00 bits per heavy atom. The van der Waals surface area contributed by atoms with E-state index in [-0.39, 0.29) is 0 Å². The summed E-state index contributed by atoms with van der Waals surface area (Å²) in [6.07, 6.45) is 1.32. The van der Waals surface area contributed by atoms with Crippen LogP contribution in [0.25, 0.3) is 0 Å². The van der Waals surface area contributed by atoms with Crippen molar-refractivity contribution < 1.29 is 0 Å². The maximum absolute atomic E-state index is 2.60. The van der Waals surface area contributed by atoms with Crippen LogP contribution in [0.5, 0.6) is 0 Å². The third kappa shape index (κ3) is 3.48. The minimum Gasteiger partial charge on any atom is -0.301 e. The van der Waals surface area contributed by atoms with Gasteiger partial charge in [0.1, 0.15) is 0 Å². The molecule has 0 aliphatic carbocycles. The lowest BCUT2D eigenvalue weighted by molar-refractivity contribution is 0.257. The molecular formula is C9H19NS. The molecule has 1 saturated heterocycles. The molecule has 1 fully saturated rings. The molecule has 11 heavy (non-hydrogen) atoms. The predicted octanol–water partition coefficient (Wildman–Crippen LogP) is 2.08. The molecule has 66 valence electrons. The van der Waals surface area contributed by atoms with Crippen molar-refractivity contribution in [2.24, 2.45) is 5.92 Å². The van der Waals surface area contributed by atoms with Crippen LogP contribution in [-0.2, 0) is 0 Å². The Bertz CT molecular complexity index is 99.7. The van der Waals surface area contributed by atoms with Gasteiger partial charge in [0.15, 0.2) is 0 Å². The molecule has 0 N–H and O–H groups in total. The Labute approximate surface area is 74.5 Å². The number of hydrogen-bond donors (Lipinski definition) is 0. The molecule has 0 bridgehead atoms. The summed E-state index contributed by atoms with van der Waals surface area (Å²) in [5.74, 6) is 3.57. The first-order valence-corrected chi connectivity index (χ1v) is 5.78. The molecule has 0 spiro atoms. The molecule has 1 rings (SSSR count). The summed E-state index contributed by atoms with van der Waals surface area (Å²) in [7, 11) is 0. The topological polar surface area (TPSA) is 3.24 Å². The summed E-state index contributed by atoms with van der Waals surface area (Å²) in [4.78, 5) is 2.60. The van der Waals surface area contributed by atoms with Gasteiger partial charge in [0, 0.05) is 31.1 Å². The number of rotatable bonds is 3. The number of thioether (sulfide) groups is 1. The van der Waals surface area contributed by atoms with Crippen LogP contribution in [0, 0.1) is 5.92 Å². The van der Waals surface area contributed by atoms with Crippen LogP contribution in [0.1, 0.15) is 20.3 Å². The normalized spacial score (nSPS) is 23.5. The quantitative estimate of drug-likeness (QED) is 0.643. The summed E-state index contributed by atoms with van der Waals surface area (Å²) in [5.41, 5.74) is 0. The van der Waals surface area contributed by atoms with E-state index in [1.165, 1.54) is 37.6 Å². The highest BCUT2D eigenvalue weighted by Crippen LogP contribution is 2.11. The first kappa shape index (κ1) is 9.40. The minimum absolute atomic E-state index is 0.887. The van der Waals surface area contributed by atoms with Crippen molar-refractivity contribution in [2.45, 2.75) is 20.3 Å². The van der Waals surface area contributed by atoms with E-state index in [2.05, 4.69) is 30.5 Å². The molecule has 0 aromatic rings. The lowest BCUT2D eigenvalue weighted by Gasteiger charge is -2.28. The first-order chi connectivity index (χ1) is 5.33. The van der Waals surface area contributed by atoms with E-state index in [4.69, 9.17) is 0 Å². The van der Waals surface area contributed by atoms with Crippen LogP contribution >= 0.6 is 11.8 Å². The zero-order valence-corrected chi connectivity index (χ0v) is 8.49. The van der Waals surface area contributed by atoms with Gasteiger partial charge in [-0.3, -0.25) is 0 Å². The smallest absolute Gasteiger partial charge is 0.00728 e. The van der Waals surface area contributed by atoms with Crippen molar-refractivity contribution in [3.05, 3.63) is 0 Å². The molecule has 0 saturated carbocycles. The van der Waals surface area contributed by atoms with Gasteiger partial charge in [-0.05, 0) is 5.92 Å². The molecule has 0 radical (unpaired) electrons. The fourth-order valence-corrected chi connectivity index (χ4v) is 2.33. The standard InChI is InChI=1S/C9H19NS/c1-3-9(2)8-10-4-6-11-7-5-10/h9H,3-8H2,1-2H3. The van der Waals surface area contributed by atoms with Gasteiger partial charge < -0.3 is 4.90 Å². The second-order valence-corrected chi connectivity index (χ2v) is 4.65. The Morgan fingerprint density at radius 3 is 2.55 bits per heavy atom. The third-order valence-corrected chi connectivity index (χ3v) is 3.31. The lowest BCUT2D eigenvalue weighted by Crippen LogP contribution is -2.35. The molecule has 0 amide bonds. The molecular weight excluding hydrogens is 154 g/mol. The Kier molecular flexibility index (Phi) is 4.31. The highest BCUT2D eigenvalue weighted by molar-refractivity contribution is 7.99. The van der Waals surface area contributed by atoms with Crippen molar-refractivity contribution in [3.63, 3.8) is 0 Å². The predicted molar refractivity (Wildman–Crippen MR) is 53.2 cm³/mol. The van der Waals surface area contributed by atoms with Gasteiger partial charge in [-0.2, -0.15) is 11.8 Å². The average molecular weight is 173 g/mol. The molecule has 1 aliphatic heterocycles. The second kappa shape index (κ2) is 5.04. The van der Waals surface area contributed by atoms with Gasteiger partial charge in [0.05, 0.1) is 0 Å². The van der Waals surface area contributed by atoms with Crippen LogP contribution < -0.4 is 0 Å². The summed E-state index contributed by atoms with van der Waals surface area (Å²) < 4.78 is 0. The summed E-state index contributed by atoms with van der Waals surface area (Å²) >= 11 is 2.09. The molecule has 1 heterocycles. The van der Waals surface area contributed by atoms with Gasteiger partial charge in [0.2, 0.25) is 0 Å². The number of hydrogen-bond acceptors (Lipinski definition) is 2. The molecule has 2 heteroatoms. The van der Waals surface area contributed by atoms with E-state index in [0.717, 1.165) is 5.92 Å². The molecule has 1 unspecified atom stereocenters. The molecule has 0 aromatic carbocycles. The molecule has 1 nitrogen and oxygen atoms in total. The molecule has 1 atom stereocenters. The van der Waals surface area contributed by atoms with Crippen molar-refractivity contribution >= 4 is 11.8 Å². The zero-order chi connectivity index (χ0) is 8.10. The van der Waals surface area contributed by atoms with Crippen LogP contribution in [0.3, 0.4) is 0 Å². The SMILES string of the molecule is CCC(C)CN1CCSCC1. The second-order valence-electron chi connectivity index (χ2n) is 3.43. The zero-order valence-electron chi connectivity index (χ0n) is 7.68. The van der Waals surface area contributed by atoms with E-state index in [0.29, 0.717) is 0 Å². The maximum atomic E-state index is 2.60. The van der Waals surface area contributed by atoms with Crippen molar-refractivity contribution in [1.29, 1.82) is 0 Å². The van der Waals surface area contributed by atoms with E-state index in [9.17, 15) is 0 Å². The van der Waals surface area contributed by atoms with Gasteiger partial charge in [0.25, 0.3) is 0 Å². The monoisotopic (exact) mass is 173 g/mol. The fraction of sp³-hybridized carbons (Fsp3) is 1.00. The van der Waals surface area contributed by atoms with Crippen LogP contribution in [0.15, 0.2) is 0 Å². The van der Waals surface area contributed by atoms with E-state index in [1.54, 1.807) is 0 Å². The summed E-state index contributed by atoms with van der Waals surface area (Å²) in [6, 6.07) is 0. The Balaban J connectivity index is 2.13. The largest absolute Gasteiger partial charge is 0.301 e. The van der Waals surface area contributed by atoms with E-state index >= 15 is 0 Å². The highest BCUT2D eigenvalue weighted by atomic mass is 32.2. The maximum Gasteiger partial charge on any atom is 0.00728 e. The van der Waals surface area contributed by atoms with E-state index < -0.39 is 0 Å². The summed E-state index contributed by atoms with van der Waals surface area (Å²) in [5, 5.41) is 0. The van der Waals surface area contributed by atoms with Gasteiger partial charge in [-0.1, -0.05) is 20.3 Å². The first-order valence-electron chi connectivity index (χ1n) is 4.63. The summed E-state index contributed by atoms with van der Waals surface area (Å²) in [6.45, 7) is 8.58.